The van der Waals surface area contributed by atoms with Gasteiger partial charge in [-0.3, -0.25) is 14.5 Å². The second-order valence-corrected chi connectivity index (χ2v) is 7.53. The van der Waals surface area contributed by atoms with Gasteiger partial charge in [-0.25, -0.2) is 4.39 Å². The number of fused-ring (bicyclic) bond motifs is 5. The number of halogens is 1. The molecule has 2 atom stereocenters. The summed E-state index contributed by atoms with van der Waals surface area (Å²) in [5.74, 6) is -0.206. The summed E-state index contributed by atoms with van der Waals surface area (Å²) in [5.41, 5.74) is 0.404. The van der Waals surface area contributed by atoms with E-state index in [1.54, 1.807) is 7.11 Å². The maximum absolute atomic E-state index is 13.8. The van der Waals surface area contributed by atoms with Crippen molar-refractivity contribution >= 4 is 16.8 Å². The molecule has 0 saturated carbocycles. The minimum Gasteiger partial charge on any atom is -0.383 e. The molecule has 0 aliphatic carbocycles. The molecule has 4 heterocycles. The van der Waals surface area contributed by atoms with Crippen molar-refractivity contribution in [2.45, 2.75) is 18.9 Å². The molecular weight excluding hydrogens is 349 g/mol. The van der Waals surface area contributed by atoms with Gasteiger partial charge in [0.2, 0.25) is 5.56 Å². The summed E-state index contributed by atoms with van der Waals surface area (Å²) >= 11 is 0. The first kappa shape index (κ1) is 18.1. The van der Waals surface area contributed by atoms with Crippen molar-refractivity contribution in [2.24, 2.45) is 5.92 Å². The maximum atomic E-state index is 13.8. The fourth-order valence-corrected chi connectivity index (χ4v) is 4.40. The zero-order valence-electron chi connectivity index (χ0n) is 15.4. The fraction of sp³-hybridized carbons (Fsp3) is 0.500. The highest BCUT2D eigenvalue weighted by Gasteiger charge is 2.36. The van der Waals surface area contributed by atoms with Gasteiger partial charge in [-0.15, -0.1) is 0 Å². The van der Waals surface area contributed by atoms with Gasteiger partial charge in [0.1, 0.15) is 5.82 Å². The number of methoxy groups -OCH3 is 1. The molecule has 1 N–H and O–H groups in total. The number of carbonyl (C=O) groups is 1. The summed E-state index contributed by atoms with van der Waals surface area (Å²) in [5, 5.41) is 0.451. The van der Waals surface area contributed by atoms with Crippen LogP contribution in [0, 0.1) is 11.7 Å². The number of H-pyrrole nitrogens is 1. The number of carbonyl (C=O) groups excluding carboxylic acids is 1. The molecule has 0 spiro atoms. The Kier molecular flexibility index (Phi) is 4.97. The predicted molar refractivity (Wildman–Crippen MR) is 100 cm³/mol. The van der Waals surface area contributed by atoms with E-state index in [1.165, 1.54) is 24.3 Å². The summed E-state index contributed by atoms with van der Waals surface area (Å²) in [7, 11) is 1.70. The minimum atomic E-state index is -0.426. The molecule has 0 radical (unpaired) electrons. The Bertz CT molecular complexity index is 913. The SMILES string of the molecule is COCCN1C[C@H]2CC[C@@H]1CN(C(=O)c1cc(=O)[nH]c3ccc(F)cc13)C2. The summed E-state index contributed by atoms with van der Waals surface area (Å²) < 4.78 is 19.0. The summed E-state index contributed by atoms with van der Waals surface area (Å²) in [6.07, 6.45) is 2.16. The first-order valence-corrected chi connectivity index (χ1v) is 9.40. The van der Waals surface area contributed by atoms with Crippen LogP contribution in [-0.4, -0.2) is 66.6 Å². The van der Waals surface area contributed by atoms with Crippen LogP contribution in [0.4, 0.5) is 4.39 Å². The van der Waals surface area contributed by atoms with Crippen LogP contribution in [0.5, 0.6) is 0 Å². The van der Waals surface area contributed by atoms with Crippen LogP contribution < -0.4 is 5.56 Å². The van der Waals surface area contributed by atoms with Crippen LogP contribution in [0.3, 0.4) is 0 Å². The van der Waals surface area contributed by atoms with Gasteiger partial charge >= 0.3 is 0 Å². The zero-order valence-corrected chi connectivity index (χ0v) is 15.4. The van der Waals surface area contributed by atoms with Crippen molar-refractivity contribution in [1.29, 1.82) is 0 Å². The Hall–Kier alpha value is -2.25. The van der Waals surface area contributed by atoms with Crippen LogP contribution >= 0.6 is 0 Å². The van der Waals surface area contributed by atoms with E-state index in [9.17, 15) is 14.0 Å². The van der Waals surface area contributed by atoms with Gasteiger partial charge in [0.05, 0.1) is 12.2 Å². The minimum absolute atomic E-state index is 0.192. The first-order valence-electron chi connectivity index (χ1n) is 9.40. The van der Waals surface area contributed by atoms with E-state index < -0.39 is 5.82 Å². The molecule has 3 aliphatic rings. The van der Waals surface area contributed by atoms with E-state index in [-0.39, 0.29) is 17.0 Å². The molecule has 6 nitrogen and oxygen atoms in total. The molecule has 1 amide bonds. The largest absolute Gasteiger partial charge is 0.383 e. The molecule has 2 bridgehead atoms. The standard InChI is InChI=1S/C20H24FN3O3/c1-27-7-6-23-10-13-2-4-15(23)12-24(11-13)20(26)17-9-19(25)22-18-5-3-14(21)8-16(17)18/h3,5,8-9,13,15H,2,4,6-7,10-12H2,1H3,(H,22,25)/t13-,15-/m1/s1. The number of aromatic amines is 1. The van der Waals surface area contributed by atoms with Crippen LogP contribution in [0.25, 0.3) is 10.9 Å². The van der Waals surface area contributed by atoms with Crippen molar-refractivity contribution in [2.75, 3.05) is 39.9 Å². The van der Waals surface area contributed by atoms with Crippen molar-refractivity contribution < 1.29 is 13.9 Å². The highest BCUT2D eigenvalue weighted by Crippen LogP contribution is 2.29. The topological polar surface area (TPSA) is 65.6 Å². The van der Waals surface area contributed by atoms with E-state index in [2.05, 4.69) is 9.88 Å². The van der Waals surface area contributed by atoms with E-state index in [4.69, 9.17) is 4.74 Å². The van der Waals surface area contributed by atoms with Gasteiger partial charge in [0, 0.05) is 56.3 Å². The van der Waals surface area contributed by atoms with Gasteiger partial charge in [-0.05, 0) is 37.0 Å². The second-order valence-electron chi connectivity index (χ2n) is 7.53. The Labute approximate surface area is 156 Å². The van der Waals surface area contributed by atoms with Crippen molar-refractivity contribution in [1.82, 2.24) is 14.8 Å². The Balaban J connectivity index is 1.65. The summed E-state index contributed by atoms with van der Waals surface area (Å²) in [6, 6.07) is 5.69. The predicted octanol–water partition coefficient (Wildman–Crippen LogP) is 1.85. The number of nitrogens with zero attached hydrogens (tertiary/aromatic N) is 2. The smallest absolute Gasteiger partial charge is 0.254 e. The number of rotatable bonds is 4. The molecular formula is C20H24FN3O3. The Morgan fingerprint density at radius 2 is 2.11 bits per heavy atom. The van der Waals surface area contributed by atoms with Crippen LogP contribution in [0.15, 0.2) is 29.1 Å². The Morgan fingerprint density at radius 1 is 1.26 bits per heavy atom. The quantitative estimate of drug-likeness (QED) is 0.888. The lowest BCUT2D eigenvalue weighted by molar-refractivity contribution is 0.0719. The molecule has 5 rings (SSSR count). The number of piperidine rings is 1. The summed E-state index contributed by atoms with van der Waals surface area (Å²) in [4.78, 5) is 32.2. The second kappa shape index (κ2) is 7.40. The lowest BCUT2D eigenvalue weighted by Crippen LogP contribution is -2.45. The monoisotopic (exact) mass is 373 g/mol. The fourth-order valence-electron chi connectivity index (χ4n) is 4.40. The molecule has 7 heteroatoms. The molecule has 3 aliphatic heterocycles. The third-order valence-corrected chi connectivity index (χ3v) is 5.73. The maximum Gasteiger partial charge on any atom is 0.254 e. The van der Waals surface area contributed by atoms with Crippen LogP contribution in [-0.2, 0) is 4.74 Å². The number of pyridine rings is 1. The lowest BCUT2D eigenvalue weighted by atomic mass is 9.95. The molecule has 1 aromatic heterocycles. The van der Waals surface area contributed by atoms with Crippen molar-refractivity contribution in [3.8, 4) is 0 Å². The van der Waals surface area contributed by atoms with E-state index >= 15 is 0 Å². The summed E-state index contributed by atoms with van der Waals surface area (Å²) in [6.45, 7) is 3.79. The normalized spacial score (nSPS) is 23.0. The highest BCUT2D eigenvalue weighted by molar-refractivity contribution is 6.06. The van der Waals surface area contributed by atoms with Crippen molar-refractivity contribution in [3.05, 3.63) is 46.0 Å². The van der Waals surface area contributed by atoms with E-state index in [1.807, 2.05) is 4.90 Å². The molecule has 3 saturated heterocycles. The Morgan fingerprint density at radius 3 is 2.93 bits per heavy atom. The molecule has 0 unspecified atom stereocenters. The third-order valence-electron chi connectivity index (χ3n) is 5.73. The van der Waals surface area contributed by atoms with Crippen LogP contribution in [0.2, 0.25) is 0 Å². The molecule has 2 aromatic rings. The zero-order chi connectivity index (χ0) is 19.0. The number of amides is 1. The highest BCUT2D eigenvalue weighted by atomic mass is 19.1. The number of benzene rings is 1. The lowest BCUT2D eigenvalue weighted by Gasteiger charge is -2.35. The van der Waals surface area contributed by atoms with Gasteiger partial charge in [-0.2, -0.15) is 0 Å². The van der Waals surface area contributed by atoms with Gasteiger partial charge < -0.3 is 14.6 Å². The third kappa shape index (κ3) is 3.61. The first-order chi connectivity index (χ1) is 13.0. The average molecular weight is 373 g/mol. The van der Waals surface area contributed by atoms with Crippen molar-refractivity contribution in [3.63, 3.8) is 0 Å². The molecule has 27 heavy (non-hydrogen) atoms. The van der Waals surface area contributed by atoms with Gasteiger partial charge in [0.25, 0.3) is 5.91 Å². The van der Waals surface area contributed by atoms with E-state index in [0.717, 1.165) is 25.9 Å². The van der Waals surface area contributed by atoms with E-state index in [0.29, 0.717) is 42.6 Å². The number of nitrogens with one attached hydrogen (secondary N) is 1. The number of hydrogen-bond acceptors (Lipinski definition) is 4. The average Bonchev–Trinajstić information content (AvgIpc) is 2.97. The molecule has 144 valence electrons. The number of hydrogen-bond donors (Lipinski definition) is 1. The van der Waals surface area contributed by atoms with Crippen LogP contribution in [0.1, 0.15) is 23.2 Å². The van der Waals surface area contributed by atoms with Gasteiger partial charge in [0.15, 0.2) is 0 Å². The molecule has 1 aromatic carbocycles. The number of aromatic nitrogens is 1. The number of ether oxygens (including phenoxy) is 1. The van der Waals surface area contributed by atoms with Gasteiger partial charge in [-0.1, -0.05) is 0 Å². The molecule has 3 fully saturated rings.